The number of nitrogens with two attached hydrogens (primary N) is 1. The minimum atomic E-state index is -3.62. The summed E-state index contributed by atoms with van der Waals surface area (Å²) < 4.78 is 27.9. The van der Waals surface area contributed by atoms with Crippen LogP contribution in [0.15, 0.2) is 29.2 Å². The van der Waals surface area contributed by atoms with Crippen LogP contribution in [-0.2, 0) is 14.8 Å². The van der Waals surface area contributed by atoms with Crippen molar-refractivity contribution in [1.29, 1.82) is 0 Å². The molecule has 1 aromatic carbocycles. The van der Waals surface area contributed by atoms with Crippen LogP contribution in [0.2, 0.25) is 0 Å². The molecule has 0 spiro atoms. The van der Waals surface area contributed by atoms with Crippen LogP contribution in [0.25, 0.3) is 0 Å². The minimum absolute atomic E-state index is 0.149. The summed E-state index contributed by atoms with van der Waals surface area (Å²) in [4.78, 5) is 0.149. The lowest BCUT2D eigenvalue weighted by Gasteiger charge is -2.30. The summed E-state index contributed by atoms with van der Waals surface area (Å²) in [7, 11) is -3.62. The zero-order valence-corrected chi connectivity index (χ0v) is 13.4. The summed E-state index contributed by atoms with van der Waals surface area (Å²) in [6, 6.07) is 7.31. The van der Waals surface area contributed by atoms with Crippen LogP contribution in [0.4, 0.5) is 0 Å². The molecule has 1 aromatic rings. The van der Waals surface area contributed by atoms with Gasteiger partial charge < -0.3 is 10.1 Å². The van der Waals surface area contributed by atoms with E-state index in [0.717, 1.165) is 31.6 Å². The third-order valence-electron chi connectivity index (χ3n) is 4.19. The second-order valence-electron chi connectivity index (χ2n) is 5.74. The Morgan fingerprint density at radius 2 is 1.76 bits per heavy atom. The van der Waals surface area contributed by atoms with Gasteiger partial charge in [-0.15, -0.1) is 0 Å². The van der Waals surface area contributed by atoms with E-state index in [0.29, 0.717) is 12.0 Å². The maximum absolute atomic E-state index is 11.2. The largest absolute Gasteiger partial charge is 0.381 e. The van der Waals surface area contributed by atoms with Gasteiger partial charge in [-0.1, -0.05) is 12.1 Å². The predicted molar refractivity (Wildman–Crippen MR) is 82.4 cm³/mol. The number of hydrogen-bond donors (Lipinski definition) is 2. The van der Waals surface area contributed by atoms with E-state index in [1.807, 2.05) is 12.1 Å². The molecule has 118 valence electrons. The van der Waals surface area contributed by atoms with Crippen molar-refractivity contribution < 1.29 is 13.2 Å². The molecule has 1 aliphatic heterocycles. The zero-order valence-electron chi connectivity index (χ0n) is 12.6. The first-order valence-corrected chi connectivity index (χ1v) is 8.89. The average Bonchev–Trinajstić information content (AvgIpc) is 2.47. The van der Waals surface area contributed by atoms with Crippen molar-refractivity contribution in [2.75, 3.05) is 13.2 Å². The maximum Gasteiger partial charge on any atom is 0.238 e. The summed E-state index contributed by atoms with van der Waals surface area (Å²) >= 11 is 0. The molecule has 0 saturated carbocycles. The molecule has 21 heavy (non-hydrogen) atoms. The number of ether oxygens (including phenoxy) is 1. The van der Waals surface area contributed by atoms with E-state index in [-0.39, 0.29) is 10.9 Å². The molecule has 0 amide bonds. The van der Waals surface area contributed by atoms with E-state index in [1.54, 1.807) is 12.1 Å². The Bertz CT molecular complexity index is 551. The Kier molecular flexibility index (Phi) is 5.37. The zero-order chi connectivity index (χ0) is 15.5. The second-order valence-corrected chi connectivity index (χ2v) is 7.30. The molecule has 1 aliphatic rings. The fraction of sp³-hybridized carbons (Fsp3) is 0.600. The van der Waals surface area contributed by atoms with E-state index in [9.17, 15) is 8.42 Å². The standard InChI is InChI=1S/C15H24N2O3S/c1-11(17-12(2)14-7-9-20-10-8-14)13-3-5-15(6-4-13)21(16,18)19/h3-6,11-12,14,17H,7-10H2,1-2H3,(H2,16,18,19). The Balaban J connectivity index is 1.97. The van der Waals surface area contributed by atoms with Crippen LogP contribution in [0.1, 0.15) is 38.3 Å². The van der Waals surface area contributed by atoms with Gasteiger partial charge in [-0.25, -0.2) is 13.6 Å². The quantitative estimate of drug-likeness (QED) is 0.868. The lowest BCUT2D eigenvalue weighted by atomic mass is 9.92. The SMILES string of the molecule is CC(NC(C)C1CCOCC1)c1ccc(S(N)(=O)=O)cc1. The van der Waals surface area contributed by atoms with Gasteiger partial charge >= 0.3 is 0 Å². The summed E-state index contributed by atoms with van der Waals surface area (Å²) in [6.07, 6.45) is 2.18. The highest BCUT2D eigenvalue weighted by Gasteiger charge is 2.22. The number of benzene rings is 1. The van der Waals surface area contributed by atoms with Crippen molar-refractivity contribution in [2.45, 2.75) is 43.7 Å². The van der Waals surface area contributed by atoms with Gasteiger partial charge in [0.05, 0.1) is 4.90 Å². The normalized spacial score (nSPS) is 20.1. The van der Waals surface area contributed by atoms with Crippen LogP contribution in [0.3, 0.4) is 0 Å². The van der Waals surface area contributed by atoms with Crippen LogP contribution in [0.5, 0.6) is 0 Å². The fourth-order valence-corrected chi connectivity index (χ4v) is 3.30. The molecule has 1 heterocycles. The number of primary sulfonamides is 1. The summed E-state index contributed by atoms with van der Waals surface area (Å²) in [5, 5.41) is 8.69. The Hall–Kier alpha value is -0.950. The topological polar surface area (TPSA) is 81.4 Å². The van der Waals surface area contributed by atoms with Crippen molar-refractivity contribution in [3.8, 4) is 0 Å². The van der Waals surface area contributed by atoms with Gasteiger partial charge in [0.15, 0.2) is 0 Å². The van der Waals surface area contributed by atoms with Crippen LogP contribution < -0.4 is 10.5 Å². The van der Waals surface area contributed by atoms with Gasteiger partial charge in [-0.3, -0.25) is 0 Å². The summed E-state index contributed by atoms with van der Waals surface area (Å²) in [5.74, 6) is 0.630. The van der Waals surface area contributed by atoms with E-state index in [4.69, 9.17) is 9.88 Å². The lowest BCUT2D eigenvalue weighted by molar-refractivity contribution is 0.0547. The van der Waals surface area contributed by atoms with Gasteiger partial charge in [-0.05, 0) is 50.3 Å². The van der Waals surface area contributed by atoms with E-state index >= 15 is 0 Å². The molecule has 2 atom stereocenters. The third-order valence-corrected chi connectivity index (χ3v) is 5.12. The first-order chi connectivity index (χ1) is 9.88. The second kappa shape index (κ2) is 6.87. The summed E-state index contributed by atoms with van der Waals surface area (Å²) in [6.45, 7) is 5.97. The van der Waals surface area contributed by atoms with Crippen molar-refractivity contribution in [2.24, 2.45) is 11.1 Å². The Morgan fingerprint density at radius 1 is 1.19 bits per heavy atom. The number of nitrogens with one attached hydrogen (secondary N) is 1. The monoisotopic (exact) mass is 312 g/mol. The first-order valence-electron chi connectivity index (χ1n) is 7.34. The molecule has 5 nitrogen and oxygen atoms in total. The molecular weight excluding hydrogens is 288 g/mol. The average molecular weight is 312 g/mol. The van der Waals surface area contributed by atoms with Crippen LogP contribution in [0, 0.1) is 5.92 Å². The smallest absolute Gasteiger partial charge is 0.238 e. The summed E-state index contributed by atoms with van der Waals surface area (Å²) in [5.41, 5.74) is 1.06. The molecule has 0 aromatic heterocycles. The Morgan fingerprint density at radius 3 is 2.29 bits per heavy atom. The highest BCUT2D eigenvalue weighted by atomic mass is 32.2. The van der Waals surface area contributed by atoms with Gasteiger partial charge in [0.1, 0.15) is 0 Å². The number of hydrogen-bond acceptors (Lipinski definition) is 4. The molecule has 1 saturated heterocycles. The lowest BCUT2D eigenvalue weighted by Crippen LogP contribution is -2.38. The predicted octanol–water partition coefficient (Wildman–Crippen LogP) is 1.80. The third kappa shape index (κ3) is 4.51. The van der Waals surface area contributed by atoms with Gasteiger partial charge in [-0.2, -0.15) is 0 Å². The molecule has 0 bridgehead atoms. The Labute approximate surface area is 126 Å². The molecule has 6 heteroatoms. The maximum atomic E-state index is 11.2. The number of sulfonamides is 1. The molecule has 2 unspecified atom stereocenters. The fourth-order valence-electron chi connectivity index (χ4n) is 2.79. The first kappa shape index (κ1) is 16.4. The molecule has 0 aliphatic carbocycles. The minimum Gasteiger partial charge on any atom is -0.381 e. The molecule has 0 radical (unpaired) electrons. The van der Waals surface area contributed by atoms with E-state index in [1.165, 1.54) is 0 Å². The van der Waals surface area contributed by atoms with Crippen molar-refractivity contribution in [3.63, 3.8) is 0 Å². The van der Waals surface area contributed by atoms with Crippen LogP contribution >= 0.6 is 0 Å². The van der Waals surface area contributed by atoms with Crippen molar-refractivity contribution in [3.05, 3.63) is 29.8 Å². The van der Waals surface area contributed by atoms with Gasteiger partial charge in [0, 0.05) is 25.3 Å². The van der Waals surface area contributed by atoms with E-state index < -0.39 is 10.0 Å². The van der Waals surface area contributed by atoms with Crippen molar-refractivity contribution >= 4 is 10.0 Å². The highest BCUT2D eigenvalue weighted by Crippen LogP contribution is 2.22. The molecule has 3 N–H and O–H groups in total. The van der Waals surface area contributed by atoms with Gasteiger partial charge in [0.2, 0.25) is 10.0 Å². The molecular formula is C15H24N2O3S. The van der Waals surface area contributed by atoms with E-state index in [2.05, 4.69) is 19.2 Å². The highest BCUT2D eigenvalue weighted by molar-refractivity contribution is 7.89. The number of rotatable bonds is 5. The van der Waals surface area contributed by atoms with Crippen LogP contribution in [-0.4, -0.2) is 27.7 Å². The molecule has 2 rings (SSSR count). The molecule has 1 fully saturated rings. The van der Waals surface area contributed by atoms with Gasteiger partial charge in [0.25, 0.3) is 0 Å². The van der Waals surface area contributed by atoms with Crippen molar-refractivity contribution in [1.82, 2.24) is 5.32 Å².